The summed E-state index contributed by atoms with van der Waals surface area (Å²) in [5.74, 6) is -0.571. The molecule has 0 radical (unpaired) electrons. The summed E-state index contributed by atoms with van der Waals surface area (Å²) >= 11 is 0. The molecule has 0 bridgehead atoms. The number of anilines is 1. The summed E-state index contributed by atoms with van der Waals surface area (Å²) in [5.41, 5.74) is 2.88. The van der Waals surface area contributed by atoms with E-state index in [0.717, 1.165) is 6.54 Å². The van der Waals surface area contributed by atoms with Gasteiger partial charge >= 0.3 is 0 Å². The number of ketones is 1. The summed E-state index contributed by atoms with van der Waals surface area (Å²) < 4.78 is 0. The summed E-state index contributed by atoms with van der Waals surface area (Å²) in [4.78, 5) is 46.7. The van der Waals surface area contributed by atoms with E-state index < -0.39 is 11.5 Å². The van der Waals surface area contributed by atoms with Crippen molar-refractivity contribution in [1.29, 1.82) is 0 Å². The summed E-state index contributed by atoms with van der Waals surface area (Å²) in [5, 5.41) is 6.81. The molecule has 0 spiro atoms. The van der Waals surface area contributed by atoms with E-state index in [-0.39, 0.29) is 11.3 Å². The molecule has 1 aromatic heterocycles. The fourth-order valence-corrected chi connectivity index (χ4v) is 4.19. The number of nitrogens with one attached hydrogen (secondary N) is 3. The number of rotatable bonds is 8. The second-order valence-electron chi connectivity index (χ2n) is 8.78. The zero-order chi connectivity index (χ0) is 23.7. The Morgan fingerprint density at radius 3 is 2.24 bits per heavy atom. The van der Waals surface area contributed by atoms with Gasteiger partial charge in [-0.3, -0.25) is 14.4 Å². The van der Waals surface area contributed by atoms with E-state index in [1.165, 1.54) is 0 Å². The number of H-pyrrole nitrogens is 1. The number of aromatic amines is 1. The van der Waals surface area contributed by atoms with Crippen LogP contribution >= 0.6 is 0 Å². The Labute approximate surface area is 192 Å². The molecule has 0 aliphatic heterocycles. The molecule has 4 rings (SSSR count). The van der Waals surface area contributed by atoms with Gasteiger partial charge in [-0.1, -0.05) is 24.3 Å². The van der Waals surface area contributed by atoms with Crippen LogP contribution in [0.2, 0.25) is 0 Å². The monoisotopic (exact) mass is 447 g/mol. The van der Waals surface area contributed by atoms with Crippen LogP contribution in [0, 0.1) is 0 Å². The lowest BCUT2D eigenvalue weighted by Gasteiger charge is -2.24. The zero-order valence-corrected chi connectivity index (χ0v) is 19.4. The lowest BCUT2D eigenvalue weighted by Crippen LogP contribution is -2.35. The lowest BCUT2D eigenvalue weighted by molar-refractivity contribution is 0.0949. The number of aromatic nitrogens is 1. The second-order valence-corrected chi connectivity index (χ2v) is 8.78. The topological polar surface area (TPSA) is 97.5 Å². The highest BCUT2D eigenvalue weighted by molar-refractivity contribution is 6.29. The molecule has 3 N–H and O–H groups in total. The van der Waals surface area contributed by atoms with E-state index in [4.69, 9.17) is 0 Å². The first-order valence-corrected chi connectivity index (χ1v) is 11.0. The van der Waals surface area contributed by atoms with Crippen molar-refractivity contribution in [2.75, 3.05) is 59.7 Å². The fourth-order valence-electron chi connectivity index (χ4n) is 4.19. The summed E-state index contributed by atoms with van der Waals surface area (Å²) in [6.45, 7) is 2.49. The maximum absolute atomic E-state index is 13.6. The number of benzene rings is 2. The van der Waals surface area contributed by atoms with Gasteiger partial charge in [0, 0.05) is 53.9 Å². The first-order valence-electron chi connectivity index (χ1n) is 11.0. The van der Waals surface area contributed by atoms with E-state index in [2.05, 4.69) is 20.5 Å². The Morgan fingerprint density at radius 2 is 1.55 bits per heavy atom. The number of amides is 1. The minimum atomic E-state index is -0.469. The van der Waals surface area contributed by atoms with Crippen molar-refractivity contribution >= 4 is 28.3 Å². The Bertz CT molecular complexity index is 1290. The highest BCUT2D eigenvalue weighted by Gasteiger charge is 2.32. The van der Waals surface area contributed by atoms with E-state index in [1.54, 1.807) is 24.3 Å². The standard InChI is InChI=1S/C25H29N5O3/c1-29(2)13-11-26-17-9-10-18-20-19(15-7-5-6-8-16(15)23(31)21(17)20)22(25(33)28-18)24(32)27-12-14-30(3)4/h5-10,26H,11-14H2,1-4H3,(H,27,32)(H,28,33). The maximum atomic E-state index is 13.6. The number of hydrogen-bond donors (Lipinski definition) is 3. The third kappa shape index (κ3) is 4.27. The molecule has 0 saturated heterocycles. The average molecular weight is 448 g/mol. The third-order valence-corrected chi connectivity index (χ3v) is 5.79. The molecule has 1 aliphatic carbocycles. The van der Waals surface area contributed by atoms with Gasteiger partial charge in [-0.2, -0.15) is 0 Å². The number of pyridine rings is 1. The Morgan fingerprint density at radius 1 is 0.879 bits per heavy atom. The van der Waals surface area contributed by atoms with Gasteiger partial charge in [0.25, 0.3) is 11.5 Å². The van der Waals surface area contributed by atoms with Crippen molar-refractivity contribution in [3.8, 4) is 11.1 Å². The van der Waals surface area contributed by atoms with Crippen LogP contribution in [0.1, 0.15) is 26.3 Å². The quantitative estimate of drug-likeness (QED) is 0.382. The molecule has 33 heavy (non-hydrogen) atoms. The van der Waals surface area contributed by atoms with Gasteiger partial charge in [0.2, 0.25) is 0 Å². The van der Waals surface area contributed by atoms with Crippen molar-refractivity contribution in [1.82, 2.24) is 20.1 Å². The number of nitrogens with zero attached hydrogens (tertiary/aromatic N) is 2. The molecule has 0 unspecified atom stereocenters. The van der Waals surface area contributed by atoms with E-state index >= 15 is 0 Å². The van der Waals surface area contributed by atoms with Crippen LogP contribution in [-0.2, 0) is 0 Å². The molecule has 0 atom stereocenters. The van der Waals surface area contributed by atoms with Crippen molar-refractivity contribution in [2.24, 2.45) is 0 Å². The van der Waals surface area contributed by atoms with Crippen LogP contribution in [-0.4, -0.2) is 80.8 Å². The smallest absolute Gasteiger partial charge is 0.261 e. The molecular weight excluding hydrogens is 418 g/mol. The fraction of sp³-hybridized carbons (Fsp3) is 0.320. The van der Waals surface area contributed by atoms with E-state index in [9.17, 15) is 14.4 Å². The zero-order valence-electron chi connectivity index (χ0n) is 19.4. The summed E-state index contributed by atoms with van der Waals surface area (Å²) in [6.07, 6.45) is 0. The van der Waals surface area contributed by atoms with E-state index in [0.29, 0.717) is 58.5 Å². The molecule has 3 aromatic rings. The minimum Gasteiger partial charge on any atom is -0.383 e. The highest BCUT2D eigenvalue weighted by atomic mass is 16.2. The molecule has 8 heteroatoms. The maximum Gasteiger partial charge on any atom is 0.261 e. The Balaban J connectivity index is 1.93. The number of carbonyl (C=O) groups is 2. The third-order valence-electron chi connectivity index (χ3n) is 5.79. The molecule has 172 valence electrons. The normalized spacial score (nSPS) is 12.4. The van der Waals surface area contributed by atoms with Crippen molar-refractivity contribution in [3.63, 3.8) is 0 Å². The van der Waals surface area contributed by atoms with Crippen molar-refractivity contribution in [3.05, 3.63) is 63.4 Å². The van der Waals surface area contributed by atoms with Gasteiger partial charge in [-0.25, -0.2) is 0 Å². The first kappa shape index (κ1) is 22.7. The van der Waals surface area contributed by atoms with Crippen LogP contribution < -0.4 is 16.2 Å². The molecule has 1 heterocycles. The lowest BCUT2D eigenvalue weighted by atomic mass is 9.81. The molecule has 8 nitrogen and oxygen atoms in total. The van der Waals surface area contributed by atoms with Crippen LogP contribution in [0.15, 0.2) is 41.2 Å². The average Bonchev–Trinajstić information content (AvgIpc) is 2.76. The molecular formula is C25H29N5O3. The van der Waals surface area contributed by atoms with Gasteiger partial charge in [0.1, 0.15) is 5.56 Å². The van der Waals surface area contributed by atoms with Gasteiger partial charge in [-0.05, 0) is 45.9 Å². The number of fused-ring (bicyclic) bond motifs is 2. The van der Waals surface area contributed by atoms with Gasteiger partial charge in [-0.15, -0.1) is 0 Å². The minimum absolute atomic E-state index is 0.0351. The van der Waals surface area contributed by atoms with Crippen LogP contribution in [0.5, 0.6) is 0 Å². The Kier molecular flexibility index (Phi) is 6.31. The predicted molar refractivity (Wildman–Crippen MR) is 131 cm³/mol. The van der Waals surface area contributed by atoms with Crippen LogP contribution in [0.25, 0.3) is 22.0 Å². The van der Waals surface area contributed by atoms with Crippen LogP contribution in [0.3, 0.4) is 0 Å². The molecule has 2 aromatic carbocycles. The number of carbonyl (C=O) groups excluding carboxylic acids is 2. The summed E-state index contributed by atoms with van der Waals surface area (Å²) in [7, 11) is 7.80. The molecule has 0 fully saturated rings. The molecule has 0 saturated carbocycles. The Hall–Kier alpha value is -3.49. The highest BCUT2D eigenvalue weighted by Crippen LogP contribution is 2.42. The number of likely N-dealkylation sites (N-methyl/N-ethyl adjacent to an activating group) is 2. The second kappa shape index (κ2) is 9.17. The predicted octanol–water partition coefficient (Wildman–Crippen LogP) is 2.00. The van der Waals surface area contributed by atoms with Crippen molar-refractivity contribution in [2.45, 2.75) is 0 Å². The van der Waals surface area contributed by atoms with Gasteiger partial charge in [0.05, 0.1) is 5.56 Å². The largest absolute Gasteiger partial charge is 0.383 e. The SMILES string of the molecule is CN(C)CCNC(=O)c1c2c3c(c(NCCN(C)C)ccc3[nH]c1=O)C(=O)c1ccccc1-2. The molecule has 1 amide bonds. The van der Waals surface area contributed by atoms with Gasteiger partial charge in [0.15, 0.2) is 5.78 Å². The van der Waals surface area contributed by atoms with Gasteiger partial charge < -0.3 is 25.4 Å². The van der Waals surface area contributed by atoms with Crippen molar-refractivity contribution < 1.29 is 9.59 Å². The molecule has 1 aliphatic rings. The summed E-state index contributed by atoms with van der Waals surface area (Å²) in [6, 6.07) is 10.8. The number of hydrogen-bond acceptors (Lipinski definition) is 6. The van der Waals surface area contributed by atoms with E-state index in [1.807, 2.05) is 45.2 Å². The van der Waals surface area contributed by atoms with Crippen LogP contribution in [0.4, 0.5) is 5.69 Å². The first-order chi connectivity index (χ1) is 15.8.